The first-order valence-electron chi connectivity index (χ1n) is 5.23. The van der Waals surface area contributed by atoms with E-state index in [2.05, 4.69) is 6.08 Å². The van der Waals surface area contributed by atoms with Crippen molar-refractivity contribution in [2.75, 3.05) is 7.11 Å². The summed E-state index contributed by atoms with van der Waals surface area (Å²) in [7, 11) is 1.75. The zero-order valence-corrected chi connectivity index (χ0v) is 8.20. The van der Waals surface area contributed by atoms with Gasteiger partial charge in [-0.15, -0.1) is 0 Å². The second-order valence-electron chi connectivity index (χ2n) is 4.16. The van der Waals surface area contributed by atoms with Gasteiger partial charge in [0.2, 0.25) is 0 Å². The predicted molar refractivity (Wildman–Crippen MR) is 51.5 cm³/mol. The van der Waals surface area contributed by atoms with Crippen LogP contribution in [0.25, 0.3) is 0 Å². The SMILES string of the molecule is COC1C=C2C(O)CCC2CCC1. The molecule has 1 N–H and O–H groups in total. The first-order chi connectivity index (χ1) is 6.31. The Morgan fingerprint density at radius 1 is 1.31 bits per heavy atom. The number of ether oxygens (including phenoxy) is 1. The van der Waals surface area contributed by atoms with E-state index in [0.717, 1.165) is 12.8 Å². The van der Waals surface area contributed by atoms with Crippen molar-refractivity contribution in [2.24, 2.45) is 5.92 Å². The van der Waals surface area contributed by atoms with Gasteiger partial charge in [-0.2, -0.15) is 0 Å². The number of methoxy groups -OCH3 is 1. The molecule has 0 aromatic heterocycles. The zero-order valence-electron chi connectivity index (χ0n) is 8.20. The average Bonchev–Trinajstić information content (AvgIpc) is 2.41. The molecule has 0 heterocycles. The lowest BCUT2D eigenvalue weighted by Crippen LogP contribution is -2.10. The van der Waals surface area contributed by atoms with Crippen LogP contribution in [-0.4, -0.2) is 24.4 Å². The number of hydrogen-bond donors (Lipinski definition) is 1. The van der Waals surface area contributed by atoms with Gasteiger partial charge in [0.25, 0.3) is 0 Å². The van der Waals surface area contributed by atoms with Crippen molar-refractivity contribution in [3.8, 4) is 0 Å². The van der Waals surface area contributed by atoms with Crippen molar-refractivity contribution in [3.05, 3.63) is 11.6 Å². The summed E-state index contributed by atoms with van der Waals surface area (Å²) in [4.78, 5) is 0. The van der Waals surface area contributed by atoms with Gasteiger partial charge in [0.05, 0.1) is 12.2 Å². The van der Waals surface area contributed by atoms with Crippen LogP contribution >= 0.6 is 0 Å². The molecule has 2 aliphatic carbocycles. The Kier molecular flexibility index (Phi) is 2.70. The summed E-state index contributed by atoms with van der Waals surface area (Å²) >= 11 is 0. The molecule has 1 saturated carbocycles. The van der Waals surface area contributed by atoms with Crippen molar-refractivity contribution < 1.29 is 9.84 Å². The fraction of sp³-hybridized carbons (Fsp3) is 0.818. The van der Waals surface area contributed by atoms with Crippen LogP contribution in [0.3, 0.4) is 0 Å². The minimum atomic E-state index is -0.180. The highest BCUT2D eigenvalue weighted by Crippen LogP contribution is 2.37. The number of aliphatic hydroxyl groups excluding tert-OH is 1. The van der Waals surface area contributed by atoms with Gasteiger partial charge in [-0.25, -0.2) is 0 Å². The number of rotatable bonds is 1. The van der Waals surface area contributed by atoms with Crippen LogP contribution in [-0.2, 0) is 4.74 Å². The third-order valence-corrected chi connectivity index (χ3v) is 3.37. The van der Waals surface area contributed by atoms with Gasteiger partial charge in [0.1, 0.15) is 0 Å². The summed E-state index contributed by atoms with van der Waals surface area (Å²) in [6.07, 6.45) is 7.93. The molecule has 2 aliphatic rings. The number of fused-ring (bicyclic) bond motifs is 1. The van der Waals surface area contributed by atoms with Crippen molar-refractivity contribution in [1.29, 1.82) is 0 Å². The van der Waals surface area contributed by atoms with E-state index in [9.17, 15) is 5.11 Å². The van der Waals surface area contributed by atoms with Gasteiger partial charge < -0.3 is 9.84 Å². The Labute approximate surface area is 79.6 Å². The Morgan fingerprint density at radius 2 is 2.15 bits per heavy atom. The molecular formula is C11H18O2. The lowest BCUT2D eigenvalue weighted by molar-refractivity contribution is 0.130. The van der Waals surface area contributed by atoms with Crippen LogP contribution in [0, 0.1) is 5.92 Å². The predicted octanol–water partition coefficient (Wildman–Crippen LogP) is 1.88. The third kappa shape index (κ3) is 1.79. The van der Waals surface area contributed by atoms with Crippen LogP contribution in [0.1, 0.15) is 32.1 Å². The summed E-state index contributed by atoms with van der Waals surface area (Å²) in [5.41, 5.74) is 1.25. The van der Waals surface area contributed by atoms with Crippen LogP contribution in [0.15, 0.2) is 11.6 Å². The normalized spacial score (nSPS) is 39.5. The van der Waals surface area contributed by atoms with Gasteiger partial charge in [-0.05, 0) is 43.6 Å². The van der Waals surface area contributed by atoms with E-state index in [-0.39, 0.29) is 12.2 Å². The topological polar surface area (TPSA) is 29.5 Å². The van der Waals surface area contributed by atoms with Crippen molar-refractivity contribution in [2.45, 2.75) is 44.3 Å². The maximum Gasteiger partial charge on any atom is 0.0755 e. The fourth-order valence-corrected chi connectivity index (χ4v) is 2.57. The largest absolute Gasteiger partial charge is 0.389 e. The van der Waals surface area contributed by atoms with E-state index >= 15 is 0 Å². The van der Waals surface area contributed by atoms with Crippen LogP contribution in [0.2, 0.25) is 0 Å². The summed E-state index contributed by atoms with van der Waals surface area (Å²) in [5.74, 6) is 0.648. The third-order valence-electron chi connectivity index (χ3n) is 3.37. The highest BCUT2D eigenvalue weighted by atomic mass is 16.5. The summed E-state index contributed by atoms with van der Waals surface area (Å²) in [6.45, 7) is 0. The fourth-order valence-electron chi connectivity index (χ4n) is 2.57. The zero-order chi connectivity index (χ0) is 9.26. The molecule has 0 amide bonds. The molecule has 3 atom stereocenters. The minimum absolute atomic E-state index is 0.180. The summed E-state index contributed by atoms with van der Waals surface area (Å²) < 4.78 is 5.34. The molecule has 0 saturated heterocycles. The molecular weight excluding hydrogens is 164 g/mol. The first kappa shape index (κ1) is 9.22. The van der Waals surface area contributed by atoms with Gasteiger partial charge in [0.15, 0.2) is 0 Å². The minimum Gasteiger partial charge on any atom is -0.389 e. The van der Waals surface area contributed by atoms with E-state index in [1.165, 1.54) is 24.8 Å². The molecule has 0 aromatic rings. The second kappa shape index (κ2) is 3.81. The maximum atomic E-state index is 9.74. The maximum absolute atomic E-state index is 9.74. The molecule has 0 aromatic carbocycles. The molecule has 74 valence electrons. The average molecular weight is 182 g/mol. The van der Waals surface area contributed by atoms with Crippen molar-refractivity contribution in [3.63, 3.8) is 0 Å². The van der Waals surface area contributed by atoms with E-state index in [1.54, 1.807) is 7.11 Å². The lowest BCUT2D eigenvalue weighted by Gasteiger charge is -2.11. The highest BCUT2D eigenvalue weighted by Gasteiger charge is 2.30. The van der Waals surface area contributed by atoms with Crippen molar-refractivity contribution >= 4 is 0 Å². The van der Waals surface area contributed by atoms with Gasteiger partial charge in [-0.3, -0.25) is 0 Å². The Morgan fingerprint density at radius 3 is 2.92 bits per heavy atom. The smallest absolute Gasteiger partial charge is 0.0755 e. The van der Waals surface area contributed by atoms with Crippen LogP contribution in [0.4, 0.5) is 0 Å². The van der Waals surface area contributed by atoms with E-state index < -0.39 is 0 Å². The Balaban J connectivity index is 2.16. The van der Waals surface area contributed by atoms with Crippen LogP contribution < -0.4 is 0 Å². The number of aliphatic hydroxyl groups is 1. The van der Waals surface area contributed by atoms with E-state index in [0.29, 0.717) is 5.92 Å². The van der Waals surface area contributed by atoms with Crippen molar-refractivity contribution in [1.82, 2.24) is 0 Å². The molecule has 0 radical (unpaired) electrons. The van der Waals surface area contributed by atoms with Gasteiger partial charge in [0, 0.05) is 7.11 Å². The molecule has 13 heavy (non-hydrogen) atoms. The molecule has 0 bridgehead atoms. The van der Waals surface area contributed by atoms with Gasteiger partial charge >= 0.3 is 0 Å². The van der Waals surface area contributed by atoms with Gasteiger partial charge in [-0.1, -0.05) is 6.08 Å². The first-order valence-corrected chi connectivity index (χ1v) is 5.23. The molecule has 2 rings (SSSR count). The monoisotopic (exact) mass is 182 g/mol. The van der Waals surface area contributed by atoms with Crippen LogP contribution in [0.5, 0.6) is 0 Å². The Hall–Kier alpha value is -0.340. The number of hydrogen-bond acceptors (Lipinski definition) is 2. The van der Waals surface area contributed by atoms with E-state index in [1.807, 2.05) is 0 Å². The molecule has 0 spiro atoms. The summed E-state index contributed by atoms with van der Waals surface area (Å²) in [6, 6.07) is 0. The summed E-state index contributed by atoms with van der Waals surface area (Å²) in [5, 5.41) is 9.74. The molecule has 2 heteroatoms. The molecule has 0 aliphatic heterocycles. The highest BCUT2D eigenvalue weighted by molar-refractivity contribution is 5.20. The van der Waals surface area contributed by atoms with E-state index in [4.69, 9.17) is 4.74 Å². The molecule has 1 fully saturated rings. The second-order valence-corrected chi connectivity index (χ2v) is 4.16. The lowest BCUT2D eigenvalue weighted by atomic mass is 9.98. The Bertz CT molecular complexity index is 210. The molecule has 3 unspecified atom stereocenters. The quantitative estimate of drug-likeness (QED) is 0.627. The standard InChI is InChI=1S/C11H18O2/c1-13-9-4-2-3-8-5-6-11(12)10(8)7-9/h7-9,11-12H,2-6H2,1H3. The molecule has 2 nitrogen and oxygen atoms in total.